The second-order valence-corrected chi connectivity index (χ2v) is 10.5. The Balaban J connectivity index is 1.63. The van der Waals surface area contributed by atoms with Crippen molar-refractivity contribution in [2.75, 3.05) is 13.1 Å². The topological polar surface area (TPSA) is 108 Å². The zero-order valence-corrected chi connectivity index (χ0v) is 22.5. The van der Waals surface area contributed by atoms with E-state index < -0.39 is 17.2 Å². The highest BCUT2D eigenvalue weighted by Gasteiger charge is 2.27. The summed E-state index contributed by atoms with van der Waals surface area (Å²) in [6.07, 6.45) is 3.40. The van der Waals surface area contributed by atoms with E-state index in [1.54, 1.807) is 46.1 Å². The highest BCUT2D eigenvalue weighted by molar-refractivity contribution is 5.98. The first-order valence-corrected chi connectivity index (χ1v) is 13.4. The Morgan fingerprint density at radius 3 is 2.52 bits per heavy atom. The summed E-state index contributed by atoms with van der Waals surface area (Å²) in [4.78, 5) is 14.9. The quantitative estimate of drug-likeness (QED) is 0.331. The van der Waals surface area contributed by atoms with Gasteiger partial charge in [-0.05, 0) is 66.3 Å². The molecule has 1 atom stereocenters. The summed E-state index contributed by atoms with van der Waals surface area (Å²) in [5.74, 6) is -1.43. The van der Waals surface area contributed by atoms with Crippen LogP contribution in [0, 0.1) is 23.0 Å². The molecule has 2 heterocycles. The summed E-state index contributed by atoms with van der Waals surface area (Å²) in [6.45, 7) is 5.02. The highest BCUT2D eigenvalue weighted by atomic mass is 19.1. The highest BCUT2D eigenvalue weighted by Crippen LogP contribution is 2.37. The van der Waals surface area contributed by atoms with Gasteiger partial charge in [0, 0.05) is 41.7 Å². The Labute approximate surface area is 231 Å². The van der Waals surface area contributed by atoms with Crippen LogP contribution in [0.1, 0.15) is 49.0 Å². The lowest BCUT2D eigenvalue weighted by Crippen LogP contribution is -2.32. The fourth-order valence-corrected chi connectivity index (χ4v) is 5.26. The number of aromatic nitrogens is 2. The van der Waals surface area contributed by atoms with Gasteiger partial charge in [0.2, 0.25) is 0 Å². The van der Waals surface area contributed by atoms with E-state index in [9.17, 15) is 19.6 Å². The Morgan fingerprint density at radius 1 is 1.10 bits per heavy atom. The summed E-state index contributed by atoms with van der Waals surface area (Å²) in [7, 11) is 0. The first kappa shape index (κ1) is 27.4. The minimum Gasteiger partial charge on any atom is -0.388 e. The van der Waals surface area contributed by atoms with Crippen LogP contribution in [0.15, 0.2) is 54.7 Å². The number of rotatable bonds is 7. The number of benzene rings is 3. The van der Waals surface area contributed by atoms with Crippen LogP contribution < -0.4 is 5.73 Å². The fraction of sp³-hybridized carbons (Fsp3) is 0.323. The monoisotopic (exact) mass is 543 g/mol. The lowest BCUT2D eigenvalue weighted by Gasteiger charge is -2.25. The lowest BCUT2D eigenvalue weighted by molar-refractivity contribution is 0.0130. The number of hydrogen-bond acceptors (Lipinski definition) is 5. The van der Waals surface area contributed by atoms with Gasteiger partial charge in [-0.25, -0.2) is 8.78 Å². The van der Waals surface area contributed by atoms with Crippen molar-refractivity contribution >= 4 is 16.8 Å². The average molecular weight is 544 g/mol. The van der Waals surface area contributed by atoms with Crippen LogP contribution >= 0.6 is 0 Å². The molecule has 1 aliphatic heterocycles. The molecule has 1 fully saturated rings. The molecule has 0 saturated carbocycles. The van der Waals surface area contributed by atoms with Gasteiger partial charge >= 0.3 is 0 Å². The number of amides is 1. The van der Waals surface area contributed by atoms with E-state index in [1.807, 2.05) is 19.9 Å². The maximum atomic E-state index is 15.8. The van der Waals surface area contributed by atoms with Gasteiger partial charge in [0.1, 0.15) is 17.7 Å². The molecule has 1 aliphatic rings. The van der Waals surface area contributed by atoms with Gasteiger partial charge in [-0.1, -0.05) is 26.0 Å². The van der Waals surface area contributed by atoms with Crippen LogP contribution in [0.5, 0.6) is 0 Å². The first-order chi connectivity index (χ1) is 19.2. The van der Waals surface area contributed by atoms with E-state index in [1.165, 1.54) is 18.2 Å². The van der Waals surface area contributed by atoms with Crippen molar-refractivity contribution in [2.24, 2.45) is 5.73 Å². The molecule has 3 aromatic carbocycles. The maximum Gasteiger partial charge on any atom is 0.253 e. The molecule has 9 heteroatoms. The van der Waals surface area contributed by atoms with Gasteiger partial charge in [0.05, 0.1) is 29.4 Å². The van der Waals surface area contributed by atoms with Crippen LogP contribution in [0.25, 0.3) is 33.2 Å². The van der Waals surface area contributed by atoms with Gasteiger partial charge in [0.25, 0.3) is 5.91 Å². The standard InChI is InChI=1S/C31H31F2N5O2/c1-3-31(40,4-2)18-38-29-14-28(33)26(12-22(29)16-36-38)24-8-7-20(30(39)37-10-9-23(35)17-37)11-25(24)19-5-6-21(15-34)27(32)13-19/h5-8,11-14,16,23,40H,3-4,9-10,17-18,35H2,1-2H3/t23-/m0/s1. The number of halogens is 2. The van der Waals surface area contributed by atoms with Crippen molar-refractivity contribution in [3.63, 3.8) is 0 Å². The molecule has 5 rings (SSSR count). The van der Waals surface area contributed by atoms with Crippen LogP contribution in [0.4, 0.5) is 8.78 Å². The molecule has 0 bridgehead atoms. The molecular formula is C31H31F2N5O2. The summed E-state index contributed by atoms with van der Waals surface area (Å²) in [5, 5.41) is 25.1. The number of nitrogens with two attached hydrogens (primary N) is 1. The predicted octanol–water partition coefficient (Wildman–Crippen LogP) is 5.24. The largest absolute Gasteiger partial charge is 0.388 e. The summed E-state index contributed by atoms with van der Waals surface area (Å²) in [5.41, 5.74) is 7.44. The summed E-state index contributed by atoms with van der Waals surface area (Å²) in [6, 6.07) is 13.9. The van der Waals surface area contributed by atoms with Crippen molar-refractivity contribution in [1.29, 1.82) is 5.26 Å². The van der Waals surface area contributed by atoms with Crippen LogP contribution in [0.2, 0.25) is 0 Å². The molecule has 206 valence electrons. The number of nitriles is 1. The molecular weight excluding hydrogens is 512 g/mol. The Hall–Kier alpha value is -4.13. The number of fused-ring (bicyclic) bond motifs is 1. The number of carbonyl (C=O) groups excluding carboxylic acids is 1. The Kier molecular flexibility index (Phi) is 7.41. The number of aliphatic hydroxyl groups is 1. The zero-order valence-electron chi connectivity index (χ0n) is 22.5. The Morgan fingerprint density at radius 2 is 1.88 bits per heavy atom. The third kappa shape index (κ3) is 5.08. The number of hydrogen-bond donors (Lipinski definition) is 2. The van der Waals surface area contributed by atoms with E-state index in [0.717, 1.165) is 0 Å². The third-order valence-corrected chi connectivity index (χ3v) is 7.96. The number of likely N-dealkylation sites (tertiary alicyclic amines) is 1. The molecule has 4 aromatic rings. The van der Waals surface area contributed by atoms with Gasteiger partial charge in [-0.3, -0.25) is 9.48 Å². The van der Waals surface area contributed by atoms with E-state index >= 15 is 4.39 Å². The molecule has 0 unspecified atom stereocenters. The van der Waals surface area contributed by atoms with Crippen LogP contribution in [-0.4, -0.2) is 50.4 Å². The van der Waals surface area contributed by atoms with E-state index in [0.29, 0.717) is 65.5 Å². The Bertz CT molecular complexity index is 1640. The predicted molar refractivity (Wildman–Crippen MR) is 149 cm³/mol. The van der Waals surface area contributed by atoms with Gasteiger partial charge in [0.15, 0.2) is 0 Å². The minimum absolute atomic E-state index is 0.0808. The lowest BCUT2D eigenvalue weighted by atomic mass is 9.91. The SMILES string of the molecule is CCC(O)(CC)Cn1ncc2cc(-c3ccc(C(=O)N4CC[C@H](N)C4)cc3-c3ccc(C#N)c(F)c3)c(F)cc21. The average Bonchev–Trinajstić information content (AvgIpc) is 3.57. The van der Waals surface area contributed by atoms with Crippen LogP contribution in [0.3, 0.4) is 0 Å². The van der Waals surface area contributed by atoms with Crippen molar-refractivity contribution in [1.82, 2.24) is 14.7 Å². The molecule has 0 radical (unpaired) electrons. The van der Waals surface area contributed by atoms with E-state index in [-0.39, 0.29) is 29.6 Å². The fourth-order valence-electron chi connectivity index (χ4n) is 5.26. The maximum absolute atomic E-state index is 15.8. The van der Waals surface area contributed by atoms with Crippen molar-refractivity contribution in [3.05, 3.63) is 77.5 Å². The van der Waals surface area contributed by atoms with Crippen LogP contribution in [-0.2, 0) is 6.54 Å². The molecule has 0 aliphatic carbocycles. The minimum atomic E-state index is -0.956. The molecule has 1 aromatic heterocycles. The van der Waals surface area contributed by atoms with Crippen molar-refractivity contribution < 1.29 is 18.7 Å². The van der Waals surface area contributed by atoms with Gasteiger partial charge in [-0.2, -0.15) is 10.4 Å². The van der Waals surface area contributed by atoms with Gasteiger partial charge < -0.3 is 15.7 Å². The summed E-state index contributed by atoms with van der Waals surface area (Å²) >= 11 is 0. The molecule has 1 amide bonds. The molecule has 7 nitrogen and oxygen atoms in total. The number of nitrogens with zero attached hydrogens (tertiary/aromatic N) is 4. The molecule has 3 N–H and O–H groups in total. The number of carbonyl (C=O) groups is 1. The molecule has 0 spiro atoms. The van der Waals surface area contributed by atoms with E-state index in [2.05, 4.69) is 5.10 Å². The van der Waals surface area contributed by atoms with Crippen molar-refractivity contribution in [2.45, 2.75) is 51.3 Å². The molecule has 40 heavy (non-hydrogen) atoms. The smallest absolute Gasteiger partial charge is 0.253 e. The first-order valence-electron chi connectivity index (χ1n) is 13.4. The second kappa shape index (κ2) is 10.8. The zero-order chi connectivity index (χ0) is 28.6. The molecule has 1 saturated heterocycles. The second-order valence-electron chi connectivity index (χ2n) is 10.5. The summed E-state index contributed by atoms with van der Waals surface area (Å²) < 4.78 is 32.1. The van der Waals surface area contributed by atoms with Crippen molar-refractivity contribution in [3.8, 4) is 28.3 Å². The van der Waals surface area contributed by atoms with Gasteiger partial charge in [-0.15, -0.1) is 0 Å². The van der Waals surface area contributed by atoms with E-state index in [4.69, 9.17) is 5.73 Å². The normalized spacial score (nSPS) is 15.5. The third-order valence-electron chi connectivity index (χ3n) is 7.96.